The third kappa shape index (κ3) is 4.51. The van der Waals surface area contributed by atoms with E-state index >= 15 is 0 Å². The summed E-state index contributed by atoms with van der Waals surface area (Å²) in [5.41, 5.74) is 2.34. The lowest BCUT2D eigenvalue weighted by molar-refractivity contribution is 0.304. The van der Waals surface area contributed by atoms with Crippen LogP contribution in [0, 0.1) is 16.1 Å². The van der Waals surface area contributed by atoms with Crippen molar-refractivity contribution >= 4 is 34.4 Å². The molecule has 0 radical (unpaired) electrons. The van der Waals surface area contributed by atoms with Gasteiger partial charge in [-0.25, -0.2) is 0 Å². The van der Waals surface area contributed by atoms with E-state index in [2.05, 4.69) is 37.3 Å². The SMILES string of the molecule is CCc1n[nH]c(=S)n1/N=C\c1ccc(OCc2ccccc2C#N)c(Br)c1. The highest BCUT2D eigenvalue weighted by Crippen LogP contribution is 2.26. The van der Waals surface area contributed by atoms with Crippen LogP contribution in [-0.4, -0.2) is 21.1 Å². The van der Waals surface area contributed by atoms with Gasteiger partial charge in [0.25, 0.3) is 0 Å². The van der Waals surface area contributed by atoms with Gasteiger partial charge in [-0.2, -0.15) is 20.1 Å². The Morgan fingerprint density at radius 2 is 2.19 bits per heavy atom. The number of ether oxygens (including phenoxy) is 1. The molecule has 0 atom stereocenters. The highest BCUT2D eigenvalue weighted by Gasteiger charge is 2.06. The van der Waals surface area contributed by atoms with Crippen LogP contribution in [-0.2, 0) is 13.0 Å². The van der Waals surface area contributed by atoms with Gasteiger partial charge in [-0.1, -0.05) is 25.1 Å². The Bertz CT molecular complexity index is 1080. The number of benzene rings is 2. The second-order valence-corrected chi connectivity index (χ2v) is 6.84. The fraction of sp³-hybridized carbons (Fsp3) is 0.158. The molecule has 1 heterocycles. The zero-order chi connectivity index (χ0) is 19.2. The summed E-state index contributed by atoms with van der Waals surface area (Å²) in [5, 5.41) is 20.4. The largest absolute Gasteiger partial charge is 0.488 e. The Labute approximate surface area is 170 Å². The number of aryl methyl sites for hydroxylation is 1. The maximum absolute atomic E-state index is 9.16. The maximum atomic E-state index is 9.16. The van der Waals surface area contributed by atoms with Gasteiger partial charge in [0.1, 0.15) is 12.4 Å². The van der Waals surface area contributed by atoms with E-state index in [-0.39, 0.29) is 0 Å². The van der Waals surface area contributed by atoms with E-state index in [1.165, 1.54) is 0 Å². The van der Waals surface area contributed by atoms with Crippen molar-refractivity contribution in [3.8, 4) is 11.8 Å². The Hall–Kier alpha value is -2.76. The predicted octanol–water partition coefficient (Wildman–Crippen LogP) is 4.60. The number of hydrogen-bond acceptors (Lipinski definition) is 5. The van der Waals surface area contributed by atoms with E-state index in [1.54, 1.807) is 17.0 Å². The first-order valence-corrected chi connectivity index (χ1v) is 9.43. The first-order chi connectivity index (χ1) is 13.1. The van der Waals surface area contributed by atoms with Crippen molar-refractivity contribution in [1.29, 1.82) is 5.26 Å². The van der Waals surface area contributed by atoms with Gasteiger partial charge in [-0.15, -0.1) is 0 Å². The van der Waals surface area contributed by atoms with Crippen molar-refractivity contribution in [2.75, 3.05) is 0 Å². The van der Waals surface area contributed by atoms with Crippen LogP contribution in [0.3, 0.4) is 0 Å². The molecule has 8 heteroatoms. The minimum absolute atomic E-state index is 0.319. The average Bonchev–Trinajstić information content (AvgIpc) is 3.05. The molecule has 0 amide bonds. The maximum Gasteiger partial charge on any atom is 0.216 e. The van der Waals surface area contributed by atoms with Crippen LogP contribution in [0.15, 0.2) is 52.0 Å². The minimum Gasteiger partial charge on any atom is -0.488 e. The summed E-state index contributed by atoms with van der Waals surface area (Å²) in [6.07, 6.45) is 2.44. The first-order valence-electron chi connectivity index (χ1n) is 8.23. The van der Waals surface area contributed by atoms with Crippen LogP contribution < -0.4 is 4.74 Å². The fourth-order valence-corrected chi connectivity index (χ4v) is 3.13. The molecule has 0 spiro atoms. The predicted molar refractivity (Wildman–Crippen MR) is 109 cm³/mol. The normalized spacial score (nSPS) is 10.9. The summed E-state index contributed by atoms with van der Waals surface area (Å²) >= 11 is 8.70. The molecule has 0 unspecified atom stereocenters. The van der Waals surface area contributed by atoms with Gasteiger partial charge in [-0.3, -0.25) is 5.10 Å². The highest BCUT2D eigenvalue weighted by molar-refractivity contribution is 9.10. The molecule has 0 aliphatic carbocycles. The molecule has 136 valence electrons. The Morgan fingerprint density at radius 1 is 1.37 bits per heavy atom. The van der Waals surface area contributed by atoms with Crippen LogP contribution in [0.25, 0.3) is 0 Å². The molecule has 1 aromatic heterocycles. The van der Waals surface area contributed by atoms with Crippen molar-refractivity contribution in [3.63, 3.8) is 0 Å². The highest BCUT2D eigenvalue weighted by atomic mass is 79.9. The molecule has 0 fully saturated rings. The number of aromatic nitrogens is 3. The van der Waals surface area contributed by atoms with E-state index in [0.29, 0.717) is 22.7 Å². The molecule has 0 saturated heterocycles. The van der Waals surface area contributed by atoms with Gasteiger partial charge in [0.2, 0.25) is 4.77 Å². The number of nitrogens with zero attached hydrogens (tertiary/aromatic N) is 4. The molecular weight excluding hydrogens is 426 g/mol. The summed E-state index contributed by atoms with van der Waals surface area (Å²) in [7, 11) is 0. The van der Waals surface area contributed by atoms with Gasteiger partial charge < -0.3 is 4.74 Å². The standard InChI is InChI=1S/C19H16BrN5OS/c1-2-18-23-24-19(27)25(18)22-11-13-7-8-17(16(20)9-13)26-12-15-6-4-3-5-14(15)10-21/h3-9,11H,2,12H2,1H3,(H,24,27)/b22-11-. The number of aromatic amines is 1. The Balaban J connectivity index is 1.74. The summed E-state index contributed by atoms with van der Waals surface area (Å²) < 4.78 is 8.71. The zero-order valence-electron chi connectivity index (χ0n) is 14.5. The van der Waals surface area contributed by atoms with Crippen LogP contribution in [0.4, 0.5) is 0 Å². The van der Waals surface area contributed by atoms with Crippen molar-refractivity contribution in [2.45, 2.75) is 20.0 Å². The number of rotatable bonds is 6. The molecule has 6 nitrogen and oxygen atoms in total. The van der Waals surface area contributed by atoms with Crippen molar-refractivity contribution in [3.05, 3.63) is 74.2 Å². The fourth-order valence-electron chi connectivity index (χ4n) is 2.42. The van der Waals surface area contributed by atoms with Crippen LogP contribution in [0.1, 0.15) is 29.4 Å². The summed E-state index contributed by atoms with van der Waals surface area (Å²) in [6, 6.07) is 15.2. The average molecular weight is 442 g/mol. The van der Waals surface area contributed by atoms with E-state index in [1.807, 2.05) is 43.3 Å². The minimum atomic E-state index is 0.319. The molecule has 0 aliphatic heterocycles. The van der Waals surface area contributed by atoms with E-state index < -0.39 is 0 Å². The quantitative estimate of drug-likeness (QED) is 0.447. The van der Waals surface area contributed by atoms with Gasteiger partial charge in [-0.05, 0) is 58.0 Å². The van der Waals surface area contributed by atoms with E-state index in [9.17, 15) is 0 Å². The smallest absolute Gasteiger partial charge is 0.216 e. The molecule has 3 aromatic rings. The summed E-state index contributed by atoms with van der Waals surface area (Å²) in [4.78, 5) is 0. The number of hydrogen-bond donors (Lipinski definition) is 1. The van der Waals surface area contributed by atoms with Crippen molar-refractivity contribution in [2.24, 2.45) is 5.10 Å². The van der Waals surface area contributed by atoms with Crippen LogP contribution >= 0.6 is 28.1 Å². The summed E-state index contributed by atoms with van der Waals surface area (Å²) in [6.45, 7) is 2.31. The molecule has 0 aliphatic rings. The molecule has 2 aromatic carbocycles. The van der Waals surface area contributed by atoms with Gasteiger partial charge in [0.15, 0.2) is 5.82 Å². The van der Waals surface area contributed by atoms with E-state index in [4.69, 9.17) is 22.2 Å². The number of nitriles is 1. The molecule has 0 bridgehead atoms. The first kappa shape index (κ1) is 19.0. The lowest BCUT2D eigenvalue weighted by Gasteiger charge is -2.10. The van der Waals surface area contributed by atoms with Crippen LogP contribution in [0.5, 0.6) is 5.75 Å². The Morgan fingerprint density at radius 3 is 2.93 bits per heavy atom. The monoisotopic (exact) mass is 441 g/mol. The Kier molecular flexibility index (Phi) is 6.16. The number of halogens is 1. The van der Waals surface area contributed by atoms with Gasteiger partial charge in [0, 0.05) is 12.0 Å². The molecular formula is C19H16BrN5OS. The van der Waals surface area contributed by atoms with Crippen LogP contribution in [0.2, 0.25) is 0 Å². The van der Waals surface area contributed by atoms with Gasteiger partial charge in [0.05, 0.1) is 22.3 Å². The molecule has 3 rings (SSSR count). The third-order valence-corrected chi connectivity index (χ3v) is 4.72. The molecule has 27 heavy (non-hydrogen) atoms. The molecule has 0 saturated carbocycles. The van der Waals surface area contributed by atoms with Crippen molar-refractivity contribution < 1.29 is 4.74 Å². The third-order valence-electron chi connectivity index (χ3n) is 3.83. The molecule has 1 N–H and O–H groups in total. The second-order valence-electron chi connectivity index (χ2n) is 5.60. The van der Waals surface area contributed by atoms with E-state index in [0.717, 1.165) is 27.8 Å². The topological polar surface area (TPSA) is 79.0 Å². The number of nitrogens with one attached hydrogen (secondary N) is 1. The number of H-pyrrole nitrogens is 1. The van der Waals surface area contributed by atoms with Gasteiger partial charge >= 0.3 is 0 Å². The second kappa shape index (κ2) is 8.75. The van der Waals surface area contributed by atoms with Crippen molar-refractivity contribution in [1.82, 2.24) is 14.9 Å². The summed E-state index contributed by atoms with van der Waals surface area (Å²) in [5.74, 6) is 1.46. The lowest BCUT2D eigenvalue weighted by Crippen LogP contribution is -1.99. The zero-order valence-corrected chi connectivity index (χ0v) is 16.9. The lowest BCUT2D eigenvalue weighted by atomic mass is 10.1.